The molecule has 0 N–H and O–H groups in total. The summed E-state index contributed by atoms with van der Waals surface area (Å²) in [7, 11) is 5.15. The second kappa shape index (κ2) is 6.31. The molecule has 0 unspecified atom stereocenters. The van der Waals surface area contributed by atoms with Gasteiger partial charge in [0.2, 0.25) is 5.91 Å². The van der Waals surface area contributed by atoms with Crippen LogP contribution in [-0.2, 0) is 11.3 Å². The first-order valence-electron chi connectivity index (χ1n) is 6.24. The summed E-state index contributed by atoms with van der Waals surface area (Å²) in [6.07, 6.45) is 1.60. The third kappa shape index (κ3) is 4.05. The molecule has 0 aliphatic carbocycles. The van der Waals surface area contributed by atoms with E-state index in [1.165, 1.54) is 4.90 Å². The molecule has 1 aromatic rings. The Bertz CT molecular complexity index is 470. The molecule has 0 atom stereocenters. The highest BCUT2D eigenvalue weighted by atomic mass is 16.2. The lowest BCUT2D eigenvalue weighted by Crippen LogP contribution is -2.30. The number of aromatic nitrogens is 1. The van der Waals surface area contributed by atoms with E-state index in [2.05, 4.69) is 4.98 Å². The summed E-state index contributed by atoms with van der Waals surface area (Å²) in [5, 5.41) is 0. The molecule has 5 nitrogen and oxygen atoms in total. The van der Waals surface area contributed by atoms with E-state index in [4.69, 9.17) is 0 Å². The smallest absolute Gasteiger partial charge is 0.253 e. The molecule has 0 spiro atoms. The molecule has 5 heteroatoms. The normalized spacial score (nSPS) is 10.4. The maximum atomic E-state index is 11.8. The van der Waals surface area contributed by atoms with Crippen molar-refractivity contribution in [2.24, 2.45) is 5.92 Å². The molecule has 0 radical (unpaired) electrons. The van der Waals surface area contributed by atoms with Crippen LogP contribution in [0.15, 0.2) is 18.3 Å². The van der Waals surface area contributed by atoms with Crippen molar-refractivity contribution in [3.63, 3.8) is 0 Å². The quantitative estimate of drug-likeness (QED) is 0.825. The number of hydrogen-bond acceptors (Lipinski definition) is 3. The summed E-state index contributed by atoms with van der Waals surface area (Å²) in [6.45, 7) is 4.13. The summed E-state index contributed by atoms with van der Waals surface area (Å²) in [5.74, 6) is -0.0516. The molecule has 1 heterocycles. The molecular weight excluding hydrogens is 242 g/mol. The Balaban J connectivity index is 2.83. The maximum Gasteiger partial charge on any atom is 0.253 e. The molecule has 1 aromatic heterocycles. The van der Waals surface area contributed by atoms with Crippen LogP contribution in [0, 0.1) is 5.92 Å². The van der Waals surface area contributed by atoms with Gasteiger partial charge in [-0.05, 0) is 12.1 Å². The van der Waals surface area contributed by atoms with Crippen molar-refractivity contribution in [3.05, 3.63) is 29.6 Å². The fourth-order valence-corrected chi connectivity index (χ4v) is 1.72. The Morgan fingerprint density at radius 1 is 1.26 bits per heavy atom. The Kier molecular flexibility index (Phi) is 5.03. The largest absolute Gasteiger partial charge is 0.345 e. The zero-order valence-electron chi connectivity index (χ0n) is 12.2. The molecule has 0 aliphatic rings. The highest BCUT2D eigenvalue weighted by molar-refractivity contribution is 5.93. The molecule has 104 valence electrons. The Morgan fingerprint density at radius 3 is 2.42 bits per heavy atom. The first-order valence-corrected chi connectivity index (χ1v) is 6.24. The van der Waals surface area contributed by atoms with Gasteiger partial charge in [0.15, 0.2) is 0 Å². The number of amides is 2. The van der Waals surface area contributed by atoms with E-state index in [1.807, 2.05) is 13.8 Å². The lowest BCUT2D eigenvalue weighted by Gasteiger charge is -2.19. The van der Waals surface area contributed by atoms with Gasteiger partial charge in [-0.3, -0.25) is 14.6 Å². The van der Waals surface area contributed by atoms with Crippen molar-refractivity contribution in [1.82, 2.24) is 14.8 Å². The van der Waals surface area contributed by atoms with Gasteiger partial charge in [0.25, 0.3) is 5.91 Å². The van der Waals surface area contributed by atoms with Gasteiger partial charge in [-0.15, -0.1) is 0 Å². The van der Waals surface area contributed by atoms with Crippen LogP contribution in [0.5, 0.6) is 0 Å². The summed E-state index contributed by atoms with van der Waals surface area (Å²) < 4.78 is 0. The summed E-state index contributed by atoms with van der Waals surface area (Å²) in [5.41, 5.74) is 1.30. The van der Waals surface area contributed by atoms with E-state index in [0.717, 1.165) is 0 Å². The van der Waals surface area contributed by atoms with Crippen LogP contribution in [0.1, 0.15) is 29.9 Å². The van der Waals surface area contributed by atoms with E-state index >= 15 is 0 Å². The molecule has 2 amide bonds. The number of pyridine rings is 1. The monoisotopic (exact) mass is 263 g/mol. The van der Waals surface area contributed by atoms with Crippen molar-refractivity contribution >= 4 is 11.8 Å². The van der Waals surface area contributed by atoms with Gasteiger partial charge in [0.1, 0.15) is 0 Å². The van der Waals surface area contributed by atoms with Crippen LogP contribution in [-0.4, -0.2) is 47.7 Å². The molecule has 0 fully saturated rings. The average molecular weight is 263 g/mol. The highest BCUT2D eigenvalue weighted by Gasteiger charge is 2.15. The third-order valence-corrected chi connectivity index (χ3v) is 2.74. The predicted octanol–water partition coefficient (Wildman–Crippen LogP) is 1.40. The van der Waals surface area contributed by atoms with Gasteiger partial charge in [0.05, 0.1) is 12.2 Å². The fraction of sp³-hybridized carbons (Fsp3) is 0.500. The zero-order valence-corrected chi connectivity index (χ0v) is 12.2. The first-order chi connectivity index (χ1) is 8.82. The molecule has 19 heavy (non-hydrogen) atoms. The van der Waals surface area contributed by atoms with Crippen molar-refractivity contribution < 1.29 is 9.59 Å². The van der Waals surface area contributed by atoms with Crippen molar-refractivity contribution in [2.45, 2.75) is 20.4 Å². The number of nitrogens with zero attached hydrogens (tertiary/aromatic N) is 3. The predicted molar refractivity (Wildman–Crippen MR) is 73.6 cm³/mol. The Labute approximate surface area is 114 Å². The van der Waals surface area contributed by atoms with Crippen LogP contribution in [0.3, 0.4) is 0 Å². The SMILES string of the molecule is CC(C)C(=O)N(C)Cc1cc(C(=O)N(C)C)ccn1. The number of carbonyl (C=O) groups excluding carboxylic acids is 2. The van der Waals surface area contributed by atoms with Gasteiger partial charge in [-0.1, -0.05) is 13.8 Å². The lowest BCUT2D eigenvalue weighted by molar-refractivity contribution is -0.133. The van der Waals surface area contributed by atoms with E-state index in [1.54, 1.807) is 44.4 Å². The minimum atomic E-state index is -0.0681. The van der Waals surface area contributed by atoms with Crippen LogP contribution in [0.4, 0.5) is 0 Å². The van der Waals surface area contributed by atoms with E-state index in [0.29, 0.717) is 17.8 Å². The number of carbonyl (C=O) groups is 2. The summed E-state index contributed by atoms with van der Waals surface area (Å²) in [4.78, 5) is 31.0. The maximum absolute atomic E-state index is 11.8. The minimum Gasteiger partial charge on any atom is -0.345 e. The van der Waals surface area contributed by atoms with Crippen molar-refractivity contribution in [1.29, 1.82) is 0 Å². The highest BCUT2D eigenvalue weighted by Crippen LogP contribution is 2.08. The molecule has 0 saturated heterocycles. The van der Waals surface area contributed by atoms with Gasteiger partial charge in [0, 0.05) is 38.8 Å². The third-order valence-electron chi connectivity index (χ3n) is 2.74. The van der Waals surface area contributed by atoms with Crippen LogP contribution >= 0.6 is 0 Å². The first kappa shape index (κ1) is 15.1. The van der Waals surface area contributed by atoms with Gasteiger partial charge >= 0.3 is 0 Å². The van der Waals surface area contributed by atoms with Crippen molar-refractivity contribution in [2.75, 3.05) is 21.1 Å². The Morgan fingerprint density at radius 2 is 1.89 bits per heavy atom. The van der Waals surface area contributed by atoms with Crippen LogP contribution in [0.2, 0.25) is 0 Å². The number of hydrogen-bond donors (Lipinski definition) is 0. The summed E-state index contributed by atoms with van der Waals surface area (Å²) >= 11 is 0. The average Bonchev–Trinajstić information content (AvgIpc) is 2.36. The minimum absolute atomic E-state index is 0.0448. The standard InChI is InChI=1S/C14H21N3O2/c1-10(2)13(18)17(5)9-12-8-11(6-7-15-12)14(19)16(3)4/h6-8,10H,9H2,1-5H3. The van der Waals surface area contributed by atoms with Crippen LogP contribution < -0.4 is 0 Å². The molecular formula is C14H21N3O2. The molecule has 1 rings (SSSR count). The fourth-order valence-electron chi connectivity index (χ4n) is 1.72. The summed E-state index contributed by atoms with van der Waals surface area (Å²) in [6, 6.07) is 3.41. The van der Waals surface area contributed by atoms with Gasteiger partial charge in [-0.2, -0.15) is 0 Å². The van der Waals surface area contributed by atoms with E-state index in [9.17, 15) is 9.59 Å². The van der Waals surface area contributed by atoms with Gasteiger partial charge < -0.3 is 9.80 Å². The molecule has 0 saturated carbocycles. The van der Waals surface area contributed by atoms with Crippen molar-refractivity contribution in [3.8, 4) is 0 Å². The Hall–Kier alpha value is -1.91. The molecule has 0 bridgehead atoms. The van der Waals surface area contributed by atoms with E-state index < -0.39 is 0 Å². The topological polar surface area (TPSA) is 53.5 Å². The molecule has 0 aromatic carbocycles. The van der Waals surface area contributed by atoms with E-state index in [-0.39, 0.29) is 17.7 Å². The zero-order chi connectivity index (χ0) is 14.6. The van der Waals surface area contributed by atoms with Gasteiger partial charge in [-0.25, -0.2) is 0 Å². The second-order valence-corrected chi connectivity index (χ2v) is 5.08. The van der Waals surface area contributed by atoms with Crippen LogP contribution in [0.25, 0.3) is 0 Å². The lowest BCUT2D eigenvalue weighted by atomic mass is 10.1. The number of rotatable bonds is 4. The molecule has 0 aliphatic heterocycles. The second-order valence-electron chi connectivity index (χ2n) is 5.08.